The quantitative estimate of drug-likeness (QED) is 0.156. The summed E-state index contributed by atoms with van der Waals surface area (Å²) in [5.41, 5.74) is 19.5. The van der Waals surface area contributed by atoms with Crippen molar-refractivity contribution in [3.63, 3.8) is 0 Å². The molecule has 1 heterocycles. The number of aryl methyl sites for hydroxylation is 1. The van der Waals surface area contributed by atoms with Gasteiger partial charge in [-0.05, 0) is 74.3 Å². The molecule has 0 atom stereocenters. The number of halogens is 1. The van der Waals surface area contributed by atoms with Crippen molar-refractivity contribution < 1.29 is 14.3 Å². The zero-order valence-electron chi connectivity index (χ0n) is 21.2. The number of nitrogens with one attached hydrogen (secondary N) is 1. The van der Waals surface area contributed by atoms with Crippen LogP contribution >= 0.6 is 11.6 Å². The van der Waals surface area contributed by atoms with E-state index in [-0.39, 0.29) is 34.4 Å². The van der Waals surface area contributed by atoms with E-state index < -0.39 is 5.91 Å². The fourth-order valence-electron chi connectivity index (χ4n) is 4.63. The number of amides is 1. The standard InChI is InChI=1S/C26H36ClN7O3/c1-37-20(35)14-9-17-7-12-19(13-8-17)18-10-5-16(6-11-18)4-2-3-15-31-26(30)34-25(36)21-23(28)33-24(29)22(27)32-21/h5-6,10-11,17,19H,2-4,7-9,12-15H2,1H3,(H4,28,29,33)(H3,30,31,34,36). The lowest BCUT2D eigenvalue weighted by Crippen LogP contribution is -2.38. The van der Waals surface area contributed by atoms with Gasteiger partial charge in [-0.3, -0.25) is 19.9 Å². The van der Waals surface area contributed by atoms with Gasteiger partial charge in [0.25, 0.3) is 5.91 Å². The monoisotopic (exact) mass is 529 g/mol. The first-order chi connectivity index (χ1) is 17.8. The summed E-state index contributed by atoms with van der Waals surface area (Å²) in [5.74, 6) is 0.251. The summed E-state index contributed by atoms with van der Waals surface area (Å²) in [5, 5.41) is 2.32. The van der Waals surface area contributed by atoms with Crippen LogP contribution in [0.4, 0.5) is 11.6 Å². The van der Waals surface area contributed by atoms with E-state index in [9.17, 15) is 9.59 Å². The van der Waals surface area contributed by atoms with Crippen LogP contribution in [-0.4, -0.2) is 41.5 Å². The van der Waals surface area contributed by atoms with Gasteiger partial charge in [-0.15, -0.1) is 0 Å². The average molecular weight is 530 g/mol. The molecule has 2 aromatic rings. The second kappa shape index (κ2) is 13.8. The van der Waals surface area contributed by atoms with Crippen molar-refractivity contribution in [1.82, 2.24) is 15.3 Å². The van der Waals surface area contributed by atoms with Gasteiger partial charge in [0.1, 0.15) is 0 Å². The van der Waals surface area contributed by atoms with E-state index in [0.717, 1.165) is 25.7 Å². The molecule has 0 saturated heterocycles. The summed E-state index contributed by atoms with van der Waals surface area (Å²) < 4.78 is 4.75. The number of anilines is 2. The number of guanidine groups is 1. The number of nitrogens with zero attached hydrogens (tertiary/aromatic N) is 3. The van der Waals surface area contributed by atoms with E-state index in [1.807, 2.05) is 0 Å². The number of esters is 1. The second-order valence-corrected chi connectivity index (χ2v) is 9.74. The lowest BCUT2D eigenvalue weighted by Gasteiger charge is -2.28. The van der Waals surface area contributed by atoms with Crippen molar-refractivity contribution >= 4 is 41.1 Å². The van der Waals surface area contributed by atoms with Crippen LogP contribution in [0.15, 0.2) is 29.3 Å². The molecule has 1 aliphatic rings. The number of benzene rings is 1. The topological polar surface area (TPSA) is 172 Å². The number of rotatable bonds is 10. The molecule has 0 bridgehead atoms. The molecule has 1 aromatic carbocycles. The molecule has 1 fully saturated rings. The summed E-state index contributed by atoms with van der Waals surface area (Å²) >= 11 is 5.80. The summed E-state index contributed by atoms with van der Waals surface area (Å²) in [6.45, 7) is 0.479. The van der Waals surface area contributed by atoms with Crippen molar-refractivity contribution in [3.05, 3.63) is 46.2 Å². The van der Waals surface area contributed by atoms with Crippen LogP contribution in [-0.2, 0) is 16.0 Å². The Labute approximate surface area is 222 Å². The third-order valence-electron chi connectivity index (χ3n) is 6.80. The van der Waals surface area contributed by atoms with Crippen molar-refractivity contribution in [1.29, 1.82) is 0 Å². The molecule has 10 nitrogen and oxygen atoms in total. The van der Waals surface area contributed by atoms with E-state index in [1.165, 1.54) is 43.9 Å². The van der Waals surface area contributed by atoms with Crippen molar-refractivity contribution in [2.45, 2.75) is 63.7 Å². The lowest BCUT2D eigenvalue weighted by atomic mass is 9.77. The fraction of sp³-hybridized carbons (Fsp3) is 0.500. The number of nitrogen functional groups attached to an aromatic ring is 2. The molecule has 0 spiro atoms. The first-order valence-electron chi connectivity index (χ1n) is 12.6. The van der Waals surface area contributed by atoms with Crippen molar-refractivity contribution in [2.24, 2.45) is 16.6 Å². The zero-order valence-corrected chi connectivity index (χ0v) is 22.0. The number of hydrogen-bond donors (Lipinski definition) is 4. The molecular formula is C26H36ClN7O3. The number of carbonyl (C=O) groups excluding carboxylic acids is 2. The van der Waals surface area contributed by atoms with Gasteiger partial charge in [-0.25, -0.2) is 9.97 Å². The van der Waals surface area contributed by atoms with Crippen LogP contribution in [0.25, 0.3) is 0 Å². The van der Waals surface area contributed by atoms with Crippen LogP contribution in [0.3, 0.4) is 0 Å². The predicted molar refractivity (Wildman–Crippen MR) is 145 cm³/mol. The van der Waals surface area contributed by atoms with E-state index in [1.54, 1.807) is 0 Å². The minimum absolute atomic E-state index is 0.0245. The molecule has 0 aliphatic heterocycles. The van der Waals surface area contributed by atoms with Crippen LogP contribution in [0.5, 0.6) is 0 Å². The molecule has 200 valence electrons. The van der Waals surface area contributed by atoms with Gasteiger partial charge in [0.15, 0.2) is 28.4 Å². The van der Waals surface area contributed by atoms with Crippen molar-refractivity contribution in [2.75, 3.05) is 25.1 Å². The zero-order chi connectivity index (χ0) is 26.8. The second-order valence-electron chi connectivity index (χ2n) is 9.39. The summed E-state index contributed by atoms with van der Waals surface area (Å²) in [4.78, 5) is 35.4. The highest BCUT2D eigenvalue weighted by Crippen LogP contribution is 2.37. The van der Waals surface area contributed by atoms with Gasteiger partial charge in [0.05, 0.1) is 7.11 Å². The Kier molecular flexibility index (Phi) is 10.5. The fourth-order valence-corrected chi connectivity index (χ4v) is 4.76. The highest BCUT2D eigenvalue weighted by atomic mass is 35.5. The summed E-state index contributed by atoms with van der Waals surface area (Å²) in [6, 6.07) is 8.91. The normalized spacial score (nSPS) is 17.8. The molecule has 0 unspecified atom stereocenters. The molecule has 11 heteroatoms. The number of carbonyl (C=O) groups is 2. The molecule has 37 heavy (non-hydrogen) atoms. The van der Waals surface area contributed by atoms with E-state index >= 15 is 0 Å². The molecule has 0 radical (unpaired) electrons. The van der Waals surface area contributed by atoms with Gasteiger partial charge < -0.3 is 21.9 Å². The average Bonchev–Trinajstić information content (AvgIpc) is 2.89. The lowest BCUT2D eigenvalue weighted by molar-refractivity contribution is -0.141. The first-order valence-corrected chi connectivity index (χ1v) is 13.0. The largest absolute Gasteiger partial charge is 0.469 e. The van der Waals surface area contributed by atoms with Gasteiger partial charge in [-0.1, -0.05) is 35.9 Å². The van der Waals surface area contributed by atoms with Crippen LogP contribution in [0, 0.1) is 5.92 Å². The van der Waals surface area contributed by atoms with E-state index in [4.69, 9.17) is 33.5 Å². The minimum atomic E-state index is -0.650. The summed E-state index contributed by atoms with van der Waals surface area (Å²) in [6.07, 6.45) is 8.85. The molecule has 3 rings (SSSR count). The Morgan fingerprint density at radius 2 is 1.78 bits per heavy atom. The Morgan fingerprint density at radius 1 is 1.08 bits per heavy atom. The predicted octanol–water partition coefficient (Wildman–Crippen LogP) is 3.59. The number of unbranched alkanes of at least 4 members (excludes halogenated alkanes) is 1. The van der Waals surface area contributed by atoms with Crippen LogP contribution in [0.2, 0.25) is 5.15 Å². The van der Waals surface area contributed by atoms with Crippen molar-refractivity contribution in [3.8, 4) is 0 Å². The third kappa shape index (κ3) is 8.59. The first kappa shape index (κ1) is 28.2. The maximum atomic E-state index is 12.3. The van der Waals surface area contributed by atoms with Crippen LogP contribution < -0.4 is 22.5 Å². The Hall–Kier alpha value is -3.40. The van der Waals surface area contributed by atoms with Crippen LogP contribution in [0.1, 0.15) is 78.9 Å². The highest BCUT2D eigenvalue weighted by molar-refractivity contribution is 6.31. The van der Waals surface area contributed by atoms with E-state index in [0.29, 0.717) is 24.8 Å². The Balaban J connectivity index is 1.36. The molecular weight excluding hydrogens is 494 g/mol. The van der Waals surface area contributed by atoms with Gasteiger partial charge in [-0.2, -0.15) is 0 Å². The molecule has 7 N–H and O–H groups in total. The highest BCUT2D eigenvalue weighted by Gasteiger charge is 2.23. The van der Waals surface area contributed by atoms with Gasteiger partial charge in [0, 0.05) is 13.0 Å². The van der Waals surface area contributed by atoms with Gasteiger partial charge >= 0.3 is 5.97 Å². The number of nitrogens with two attached hydrogens (primary N) is 3. The summed E-state index contributed by atoms with van der Waals surface area (Å²) in [7, 11) is 1.45. The molecule has 1 aliphatic carbocycles. The van der Waals surface area contributed by atoms with Gasteiger partial charge in [0.2, 0.25) is 0 Å². The number of aliphatic imine (C=N–C) groups is 1. The minimum Gasteiger partial charge on any atom is -0.469 e. The third-order valence-corrected chi connectivity index (χ3v) is 7.08. The Morgan fingerprint density at radius 3 is 2.46 bits per heavy atom. The number of hydrogen-bond acceptors (Lipinski definition) is 8. The SMILES string of the molecule is COC(=O)CCC1CCC(c2ccc(CCCCN=C(N)NC(=O)c3nc(Cl)c(N)nc3N)cc2)CC1. The van der Waals surface area contributed by atoms with E-state index in [2.05, 4.69) is 44.5 Å². The molecule has 1 saturated carbocycles. The smallest absolute Gasteiger partial charge is 0.305 e. The maximum absolute atomic E-state index is 12.3. The number of ether oxygens (including phenoxy) is 1. The maximum Gasteiger partial charge on any atom is 0.305 e. The Bertz CT molecular complexity index is 1100. The number of methoxy groups -OCH3 is 1. The number of aromatic nitrogens is 2. The molecule has 1 aromatic heterocycles. The molecule has 1 amide bonds.